The molecular formula is C14H17NO3. The quantitative estimate of drug-likeness (QED) is 0.752. The van der Waals surface area contributed by atoms with Crippen LogP contribution < -0.4 is 5.32 Å². The summed E-state index contributed by atoms with van der Waals surface area (Å²) in [6.45, 7) is 0.532. The number of hydrogen-bond donors (Lipinski definition) is 2. The Morgan fingerprint density at radius 1 is 1.44 bits per heavy atom. The second-order valence-corrected chi connectivity index (χ2v) is 3.64. The predicted octanol–water partition coefficient (Wildman–Crippen LogP) is 0.683. The van der Waals surface area contributed by atoms with Gasteiger partial charge in [0, 0.05) is 25.6 Å². The topological polar surface area (TPSA) is 58.6 Å². The second kappa shape index (κ2) is 8.29. The molecule has 0 aliphatic carbocycles. The summed E-state index contributed by atoms with van der Waals surface area (Å²) >= 11 is 0. The Kier molecular flexibility index (Phi) is 6.55. The van der Waals surface area contributed by atoms with Gasteiger partial charge in [-0.15, -0.1) is 0 Å². The van der Waals surface area contributed by atoms with Gasteiger partial charge in [0.25, 0.3) is 0 Å². The first-order valence-corrected chi connectivity index (χ1v) is 5.71. The molecule has 0 bridgehead atoms. The van der Waals surface area contributed by atoms with Crippen molar-refractivity contribution >= 4 is 5.91 Å². The molecule has 0 heterocycles. The zero-order valence-electron chi connectivity index (χ0n) is 10.4. The average molecular weight is 247 g/mol. The summed E-state index contributed by atoms with van der Waals surface area (Å²) in [5.41, 5.74) is 1.82. The first-order valence-electron chi connectivity index (χ1n) is 5.71. The lowest BCUT2D eigenvalue weighted by Gasteiger charge is -2.06. The van der Waals surface area contributed by atoms with Gasteiger partial charge in [0.15, 0.2) is 0 Å². The van der Waals surface area contributed by atoms with Crippen LogP contribution in [0.15, 0.2) is 24.3 Å². The van der Waals surface area contributed by atoms with E-state index < -0.39 is 0 Å². The molecule has 0 aromatic heterocycles. The molecule has 2 N–H and O–H groups in total. The highest BCUT2D eigenvalue weighted by atomic mass is 16.5. The Bertz CT molecular complexity index is 446. The van der Waals surface area contributed by atoms with Crippen molar-refractivity contribution in [2.24, 2.45) is 0 Å². The number of hydrogen-bond acceptors (Lipinski definition) is 3. The Labute approximate surface area is 107 Å². The van der Waals surface area contributed by atoms with E-state index in [2.05, 4.69) is 17.2 Å². The number of methoxy groups -OCH3 is 1. The maximum atomic E-state index is 11.3. The molecule has 1 rings (SSSR count). The monoisotopic (exact) mass is 247 g/mol. The van der Waals surface area contributed by atoms with E-state index in [-0.39, 0.29) is 19.1 Å². The highest BCUT2D eigenvalue weighted by Gasteiger charge is 2.02. The molecule has 1 aromatic rings. The molecule has 1 aromatic carbocycles. The molecule has 18 heavy (non-hydrogen) atoms. The molecule has 0 aliphatic heterocycles. The number of rotatable bonds is 5. The van der Waals surface area contributed by atoms with Gasteiger partial charge in [-0.25, -0.2) is 0 Å². The van der Waals surface area contributed by atoms with Gasteiger partial charge >= 0.3 is 0 Å². The number of carbonyl (C=O) groups excluding carboxylic acids is 1. The van der Waals surface area contributed by atoms with Crippen LogP contribution in [0.25, 0.3) is 0 Å². The molecule has 0 spiro atoms. The fourth-order valence-electron chi connectivity index (χ4n) is 1.39. The third-order valence-corrected chi connectivity index (χ3v) is 2.23. The second-order valence-electron chi connectivity index (χ2n) is 3.64. The van der Waals surface area contributed by atoms with Gasteiger partial charge in [-0.05, 0) is 11.6 Å². The Balaban J connectivity index is 2.65. The molecule has 0 saturated heterocycles. The van der Waals surface area contributed by atoms with Crippen LogP contribution in [-0.2, 0) is 16.1 Å². The average Bonchev–Trinajstić information content (AvgIpc) is 2.38. The third kappa shape index (κ3) is 5.00. The molecule has 0 fully saturated rings. The Morgan fingerprint density at radius 3 is 2.94 bits per heavy atom. The van der Waals surface area contributed by atoms with Crippen LogP contribution in [0, 0.1) is 11.8 Å². The molecule has 0 radical (unpaired) electrons. The van der Waals surface area contributed by atoms with Gasteiger partial charge < -0.3 is 15.2 Å². The van der Waals surface area contributed by atoms with E-state index in [0.717, 1.165) is 11.1 Å². The van der Waals surface area contributed by atoms with E-state index in [1.807, 2.05) is 24.3 Å². The van der Waals surface area contributed by atoms with Crippen molar-refractivity contribution in [1.82, 2.24) is 5.32 Å². The van der Waals surface area contributed by atoms with E-state index in [1.54, 1.807) is 0 Å². The standard InChI is InChI=1S/C14H17NO3/c1-18-11-14(17)15-10-13-8-3-2-6-12(13)7-4-5-9-16/h2-3,6,8,16H,5,9-11H2,1H3,(H,15,17). The summed E-state index contributed by atoms with van der Waals surface area (Å²) in [7, 11) is 1.48. The molecular weight excluding hydrogens is 230 g/mol. The van der Waals surface area contributed by atoms with E-state index in [1.165, 1.54) is 7.11 Å². The van der Waals surface area contributed by atoms with Crippen LogP contribution in [0.2, 0.25) is 0 Å². The minimum atomic E-state index is -0.157. The maximum Gasteiger partial charge on any atom is 0.246 e. The van der Waals surface area contributed by atoms with Crippen LogP contribution in [0.1, 0.15) is 17.5 Å². The normalized spacial score (nSPS) is 9.44. The number of benzene rings is 1. The molecule has 4 nitrogen and oxygen atoms in total. The summed E-state index contributed by atoms with van der Waals surface area (Å²) in [5.74, 6) is 5.69. The summed E-state index contributed by atoms with van der Waals surface area (Å²) < 4.78 is 4.73. The number of carbonyl (C=O) groups is 1. The third-order valence-electron chi connectivity index (χ3n) is 2.23. The van der Waals surface area contributed by atoms with Crippen molar-refractivity contribution in [2.45, 2.75) is 13.0 Å². The molecule has 1 amide bonds. The zero-order chi connectivity index (χ0) is 13.2. The first kappa shape index (κ1) is 14.2. The molecule has 0 unspecified atom stereocenters. The lowest BCUT2D eigenvalue weighted by atomic mass is 10.1. The predicted molar refractivity (Wildman–Crippen MR) is 68.7 cm³/mol. The van der Waals surface area contributed by atoms with Crippen LogP contribution in [-0.4, -0.2) is 31.3 Å². The van der Waals surface area contributed by atoms with Gasteiger partial charge in [-0.2, -0.15) is 0 Å². The number of aliphatic hydroxyl groups is 1. The number of nitrogens with one attached hydrogen (secondary N) is 1. The number of aliphatic hydroxyl groups excluding tert-OH is 1. The summed E-state index contributed by atoms with van der Waals surface area (Å²) in [6.07, 6.45) is 0.449. The van der Waals surface area contributed by atoms with Crippen molar-refractivity contribution in [1.29, 1.82) is 0 Å². The van der Waals surface area contributed by atoms with Crippen LogP contribution in [0.5, 0.6) is 0 Å². The highest BCUT2D eigenvalue weighted by Crippen LogP contribution is 2.06. The molecule has 0 atom stereocenters. The Hall–Kier alpha value is -1.83. The van der Waals surface area contributed by atoms with E-state index in [9.17, 15) is 4.79 Å². The molecule has 4 heteroatoms. The van der Waals surface area contributed by atoms with Crippen molar-refractivity contribution in [2.75, 3.05) is 20.3 Å². The molecule has 96 valence electrons. The summed E-state index contributed by atoms with van der Waals surface area (Å²) in [5, 5.41) is 11.4. The van der Waals surface area contributed by atoms with Crippen molar-refractivity contribution in [3.05, 3.63) is 35.4 Å². The van der Waals surface area contributed by atoms with E-state index in [0.29, 0.717) is 13.0 Å². The first-order chi connectivity index (χ1) is 8.77. The maximum absolute atomic E-state index is 11.3. The van der Waals surface area contributed by atoms with Crippen LogP contribution in [0.3, 0.4) is 0 Å². The van der Waals surface area contributed by atoms with Crippen LogP contribution in [0.4, 0.5) is 0 Å². The van der Waals surface area contributed by atoms with Crippen molar-refractivity contribution < 1.29 is 14.6 Å². The van der Waals surface area contributed by atoms with E-state index >= 15 is 0 Å². The van der Waals surface area contributed by atoms with Crippen LogP contribution >= 0.6 is 0 Å². The summed E-state index contributed by atoms with van der Waals surface area (Å²) in [6, 6.07) is 7.59. The highest BCUT2D eigenvalue weighted by molar-refractivity contribution is 5.77. The van der Waals surface area contributed by atoms with Gasteiger partial charge in [-0.1, -0.05) is 30.0 Å². The Morgan fingerprint density at radius 2 is 2.22 bits per heavy atom. The van der Waals surface area contributed by atoms with Gasteiger partial charge in [0.1, 0.15) is 6.61 Å². The van der Waals surface area contributed by atoms with E-state index in [4.69, 9.17) is 9.84 Å². The van der Waals surface area contributed by atoms with Crippen molar-refractivity contribution in [3.63, 3.8) is 0 Å². The minimum absolute atomic E-state index is 0.0539. The number of ether oxygens (including phenoxy) is 1. The summed E-state index contributed by atoms with van der Waals surface area (Å²) in [4.78, 5) is 11.3. The molecule has 0 saturated carbocycles. The lowest BCUT2D eigenvalue weighted by Crippen LogP contribution is -2.26. The van der Waals surface area contributed by atoms with Gasteiger partial charge in [0.05, 0.1) is 6.61 Å². The minimum Gasteiger partial charge on any atom is -0.395 e. The zero-order valence-corrected chi connectivity index (χ0v) is 10.4. The van der Waals surface area contributed by atoms with Crippen molar-refractivity contribution in [3.8, 4) is 11.8 Å². The largest absolute Gasteiger partial charge is 0.395 e. The fourth-order valence-corrected chi connectivity index (χ4v) is 1.39. The van der Waals surface area contributed by atoms with Gasteiger partial charge in [-0.3, -0.25) is 4.79 Å². The number of amides is 1. The lowest BCUT2D eigenvalue weighted by molar-refractivity contribution is -0.124. The van der Waals surface area contributed by atoms with Gasteiger partial charge in [0.2, 0.25) is 5.91 Å². The SMILES string of the molecule is COCC(=O)NCc1ccccc1C#CCCO. The molecule has 0 aliphatic rings. The smallest absolute Gasteiger partial charge is 0.246 e. The fraction of sp³-hybridized carbons (Fsp3) is 0.357.